The smallest absolute Gasteiger partial charge is 0.222 e. The van der Waals surface area contributed by atoms with Gasteiger partial charge in [0.05, 0.1) is 0 Å². The van der Waals surface area contributed by atoms with Crippen LogP contribution in [0.5, 0.6) is 0 Å². The molecule has 1 heterocycles. The van der Waals surface area contributed by atoms with Crippen LogP contribution in [-0.4, -0.2) is 16.0 Å². The lowest BCUT2D eigenvalue weighted by atomic mass is 10.1. The number of halogens is 1. The summed E-state index contributed by atoms with van der Waals surface area (Å²) in [7, 11) is 0. The quantitative estimate of drug-likeness (QED) is 0.899. The molecule has 19 heavy (non-hydrogen) atoms. The summed E-state index contributed by atoms with van der Waals surface area (Å²) in [5.74, 6) is 0.685. The van der Waals surface area contributed by atoms with Gasteiger partial charge in [-0.2, -0.15) is 0 Å². The normalized spacial score (nSPS) is 13.7. The second kappa shape index (κ2) is 5.99. The predicted molar refractivity (Wildman–Crippen MR) is 78.4 cm³/mol. The van der Waals surface area contributed by atoms with Crippen LogP contribution in [0.1, 0.15) is 16.7 Å². The maximum atomic E-state index is 5.52. The van der Waals surface area contributed by atoms with Crippen LogP contribution < -0.4 is 11.1 Å². The molecule has 1 aliphatic carbocycles. The van der Waals surface area contributed by atoms with Crippen molar-refractivity contribution in [3.05, 3.63) is 53.3 Å². The molecule has 0 saturated heterocycles. The molecule has 2 aromatic rings. The third-order valence-corrected chi connectivity index (χ3v) is 3.33. The Bertz CT molecular complexity index is 516. The highest BCUT2D eigenvalue weighted by molar-refractivity contribution is 5.85. The van der Waals surface area contributed by atoms with E-state index in [0.717, 1.165) is 18.4 Å². The minimum Gasteiger partial charge on any atom is -0.351 e. The number of fused-ring (bicyclic) bond motifs is 1. The number of hydrogen-bond acceptors (Lipinski definition) is 4. The zero-order valence-corrected chi connectivity index (χ0v) is 11.4. The fourth-order valence-corrected chi connectivity index (χ4v) is 2.38. The zero-order chi connectivity index (χ0) is 12.4. The largest absolute Gasteiger partial charge is 0.351 e. The van der Waals surface area contributed by atoms with Crippen LogP contribution in [-0.2, 0) is 19.4 Å². The van der Waals surface area contributed by atoms with Gasteiger partial charge in [-0.1, -0.05) is 24.3 Å². The average molecular weight is 277 g/mol. The van der Waals surface area contributed by atoms with E-state index in [9.17, 15) is 0 Å². The summed E-state index contributed by atoms with van der Waals surface area (Å²) in [6, 6.07) is 8.96. The Balaban J connectivity index is 0.00000133. The van der Waals surface area contributed by atoms with E-state index in [1.807, 2.05) is 0 Å². The van der Waals surface area contributed by atoms with E-state index >= 15 is 0 Å². The van der Waals surface area contributed by atoms with Gasteiger partial charge in [0, 0.05) is 30.5 Å². The van der Waals surface area contributed by atoms with E-state index in [4.69, 9.17) is 5.73 Å². The Labute approximate surface area is 118 Å². The van der Waals surface area contributed by atoms with Crippen LogP contribution in [0.2, 0.25) is 0 Å². The molecule has 0 atom stereocenters. The molecule has 0 fully saturated rings. The molecule has 0 amide bonds. The van der Waals surface area contributed by atoms with E-state index < -0.39 is 0 Å². The Kier molecular flexibility index (Phi) is 4.35. The molecule has 5 heteroatoms. The third kappa shape index (κ3) is 3.03. The van der Waals surface area contributed by atoms with E-state index in [1.54, 1.807) is 12.4 Å². The van der Waals surface area contributed by atoms with E-state index in [-0.39, 0.29) is 12.4 Å². The standard InChI is InChI=1S/C14H16N4.ClH/c15-7-10-8-16-14(17-9-10)18-13-5-11-3-1-2-4-12(11)6-13;/h1-4,8-9,13H,5-7,15H2,(H,16,17,18);1H. The number of nitrogens with two attached hydrogens (primary N) is 1. The number of aromatic nitrogens is 2. The number of anilines is 1. The molecular formula is C14H17ClN4. The molecule has 0 unspecified atom stereocenters. The van der Waals surface area contributed by atoms with Crippen molar-refractivity contribution >= 4 is 18.4 Å². The van der Waals surface area contributed by atoms with Gasteiger partial charge in [-0.3, -0.25) is 0 Å². The van der Waals surface area contributed by atoms with Crippen molar-refractivity contribution in [1.82, 2.24) is 9.97 Å². The van der Waals surface area contributed by atoms with E-state index in [2.05, 4.69) is 39.6 Å². The Morgan fingerprint density at radius 2 is 1.68 bits per heavy atom. The molecule has 0 spiro atoms. The zero-order valence-electron chi connectivity index (χ0n) is 10.5. The fourth-order valence-electron chi connectivity index (χ4n) is 2.38. The Hall–Kier alpha value is -1.65. The fraction of sp³-hybridized carbons (Fsp3) is 0.286. The summed E-state index contributed by atoms with van der Waals surface area (Å²) >= 11 is 0. The minimum absolute atomic E-state index is 0. The molecule has 0 bridgehead atoms. The molecule has 1 aromatic heterocycles. The van der Waals surface area contributed by atoms with Gasteiger partial charge < -0.3 is 11.1 Å². The number of benzene rings is 1. The van der Waals surface area contributed by atoms with Crippen molar-refractivity contribution in [3.8, 4) is 0 Å². The molecule has 0 radical (unpaired) electrons. The van der Waals surface area contributed by atoms with Gasteiger partial charge in [0.2, 0.25) is 5.95 Å². The first-order chi connectivity index (χ1) is 8.85. The highest BCUT2D eigenvalue weighted by Gasteiger charge is 2.21. The number of nitrogens with one attached hydrogen (secondary N) is 1. The molecule has 1 aromatic carbocycles. The van der Waals surface area contributed by atoms with Gasteiger partial charge in [-0.05, 0) is 24.0 Å². The minimum atomic E-state index is 0. The molecule has 4 nitrogen and oxygen atoms in total. The Morgan fingerprint density at radius 3 is 2.21 bits per heavy atom. The average Bonchev–Trinajstić information content (AvgIpc) is 2.82. The van der Waals surface area contributed by atoms with Gasteiger partial charge in [0.25, 0.3) is 0 Å². The summed E-state index contributed by atoms with van der Waals surface area (Å²) in [5, 5.41) is 3.38. The second-order valence-electron chi connectivity index (χ2n) is 4.64. The molecule has 3 N–H and O–H groups in total. The topological polar surface area (TPSA) is 63.8 Å². The second-order valence-corrected chi connectivity index (χ2v) is 4.64. The summed E-state index contributed by atoms with van der Waals surface area (Å²) in [6.07, 6.45) is 5.63. The van der Waals surface area contributed by atoms with E-state index in [1.165, 1.54) is 11.1 Å². The van der Waals surface area contributed by atoms with Crippen molar-refractivity contribution < 1.29 is 0 Å². The van der Waals surface area contributed by atoms with Crippen molar-refractivity contribution in [1.29, 1.82) is 0 Å². The van der Waals surface area contributed by atoms with Crippen LogP contribution in [0.15, 0.2) is 36.7 Å². The van der Waals surface area contributed by atoms with Crippen LogP contribution in [0.4, 0.5) is 5.95 Å². The molecule has 0 saturated carbocycles. The van der Waals surface area contributed by atoms with Gasteiger partial charge in [0.1, 0.15) is 0 Å². The maximum absolute atomic E-state index is 5.52. The van der Waals surface area contributed by atoms with Gasteiger partial charge >= 0.3 is 0 Å². The van der Waals surface area contributed by atoms with Crippen molar-refractivity contribution in [2.24, 2.45) is 5.73 Å². The molecule has 100 valence electrons. The lowest BCUT2D eigenvalue weighted by Gasteiger charge is -2.11. The number of rotatable bonds is 3. The van der Waals surface area contributed by atoms with Crippen LogP contribution in [0, 0.1) is 0 Å². The predicted octanol–water partition coefficient (Wildman–Crippen LogP) is 1.94. The maximum Gasteiger partial charge on any atom is 0.222 e. The summed E-state index contributed by atoms with van der Waals surface area (Å²) < 4.78 is 0. The monoisotopic (exact) mass is 276 g/mol. The number of nitrogens with zero attached hydrogens (tertiary/aromatic N) is 2. The SMILES string of the molecule is Cl.NCc1cnc(NC2Cc3ccccc3C2)nc1. The summed E-state index contributed by atoms with van der Waals surface area (Å²) in [6.45, 7) is 0.481. The molecule has 1 aliphatic rings. The van der Waals surface area contributed by atoms with Crippen LogP contribution in [0.25, 0.3) is 0 Å². The van der Waals surface area contributed by atoms with Crippen LogP contribution in [0.3, 0.4) is 0 Å². The lowest BCUT2D eigenvalue weighted by Crippen LogP contribution is -2.21. The van der Waals surface area contributed by atoms with Crippen molar-refractivity contribution in [2.45, 2.75) is 25.4 Å². The van der Waals surface area contributed by atoms with Gasteiger partial charge in [-0.15, -0.1) is 12.4 Å². The summed E-state index contributed by atoms with van der Waals surface area (Å²) in [5.41, 5.74) is 9.32. The van der Waals surface area contributed by atoms with Gasteiger partial charge in [-0.25, -0.2) is 9.97 Å². The van der Waals surface area contributed by atoms with E-state index in [0.29, 0.717) is 18.5 Å². The first-order valence-corrected chi connectivity index (χ1v) is 6.19. The first-order valence-electron chi connectivity index (χ1n) is 6.19. The molecule has 0 aliphatic heterocycles. The third-order valence-electron chi connectivity index (χ3n) is 3.33. The van der Waals surface area contributed by atoms with Crippen molar-refractivity contribution in [2.75, 3.05) is 5.32 Å². The molecule has 3 rings (SSSR count). The Morgan fingerprint density at radius 1 is 1.11 bits per heavy atom. The highest BCUT2D eigenvalue weighted by Crippen LogP contribution is 2.23. The molecular weight excluding hydrogens is 260 g/mol. The highest BCUT2D eigenvalue weighted by atomic mass is 35.5. The number of hydrogen-bond donors (Lipinski definition) is 2. The first kappa shape index (κ1) is 13.8. The van der Waals surface area contributed by atoms with Gasteiger partial charge in [0.15, 0.2) is 0 Å². The van der Waals surface area contributed by atoms with Crippen LogP contribution >= 0.6 is 12.4 Å². The lowest BCUT2D eigenvalue weighted by molar-refractivity contribution is 0.760. The van der Waals surface area contributed by atoms with Crippen molar-refractivity contribution in [3.63, 3.8) is 0 Å². The summed E-state index contributed by atoms with van der Waals surface area (Å²) in [4.78, 5) is 8.55.